The summed E-state index contributed by atoms with van der Waals surface area (Å²) >= 11 is 0. The molecule has 2 amide bonds. The van der Waals surface area contributed by atoms with E-state index in [4.69, 9.17) is 0 Å². The Balaban J connectivity index is 1.41. The summed E-state index contributed by atoms with van der Waals surface area (Å²) in [6, 6.07) is 45.0. The maximum Gasteiger partial charge on any atom is 0.268 e. The van der Waals surface area contributed by atoms with Gasteiger partial charge >= 0.3 is 0 Å². The van der Waals surface area contributed by atoms with Gasteiger partial charge in [0.2, 0.25) is 0 Å². The van der Waals surface area contributed by atoms with Crippen LogP contribution in [0.5, 0.6) is 0 Å². The van der Waals surface area contributed by atoms with Crippen molar-refractivity contribution < 1.29 is 9.59 Å². The third-order valence-electron chi connectivity index (χ3n) is 10.1. The first kappa shape index (κ1) is 31.5. The fourth-order valence-electron chi connectivity index (χ4n) is 7.35. The molecule has 50 heavy (non-hydrogen) atoms. The minimum absolute atomic E-state index is 0.0811. The first-order valence-electron chi connectivity index (χ1n) is 17.3. The zero-order valence-electron chi connectivity index (χ0n) is 29.4. The number of aromatic nitrogens is 1. The number of para-hydroxylation sites is 1. The number of carbonyl (C=O) groups is 2. The van der Waals surface area contributed by atoms with E-state index < -0.39 is 0 Å². The molecule has 4 nitrogen and oxygen atoms in total. The van der Waals surface area contributed by atoms with Gasteiger partial charge in [-0.15, -0.1) is 0 Å². The molecule has 2 heterocycles. The number of rotatable bonds is 4. The van der Waals surface area contributed by atoms with Gasteiger partial charge in [-0.1, -0.05) is 151 Å². The van der Waals surface area contributed by atoms with Gasteiger partial charge < -0.3 is 4.57 Å². The molecule has 0 radical (unpaired) electrons. The van der Waals surface area contributed by atoms with E-state index in [-0.39, 0.29) is 22.6 Å². The molecule has 0 unspecified atom stereocenters. The maximum atomic E-state index is 15.1. The van der Waals surface area contributed by atoms with Gasteiger partial charge in [0.15, 0.2) is 0 Å². The molecule has 0 atom stereocenters. The monoisotopic (exact) mass is 652 g/mol. The molecule has 8 rings (SSSR count). The van der Waals surface area contributed by atoms with E-state index in [9.17, 15) is 4.79 Å². The summed E-state index contributed by atoms with van der Waals surface area (Å²) in [6.45, 7) is 13.3. The summed E-state index contributed by atoms with van der Waals surface area (Å²) in [7, 11) is 0. The zero-order chi connectivity index (χ0) is 34.9. The van der Waals surface area contributed by atoms with Crippen LogP contribution in [0.4, 0.5) is 5.69 Å². The second-order valence-corrected chi connectivity index (χ2v) is 15.4. The van der Waals surface area contributed by atoms with Crippen molar-refractivity contribution in [2.45, 2.75) is 52.4 Å². The Bertz CT molecular complexity index is 2350. The Kier molecular flexibility index (Phi) is 7.20. The van der Waals surface area contributed by atoms with Gasteiger partial charge in [0, 0.05) is 21.9 Å². The topological polar surface area (TPSA) is 42.3 Å². The van der Waals surface area contributed by atoms with E-state index in [0.717, 1.165) is 44.1 Å². The van der Waals surface area contributed by atoms with Gasteiger partial charge in [0.1, 0.15) is 0 Å². The van der Waals surface area contributed by atoms with Crippen molar-refractivity contribution in [3.05, 3.63) is 156 Å². The standard InChI is InChI=1S/C46H40N2O2/c1-45(2,3)31-23-25-35-36-26-24-32(46(4,5)6)28-40(36)47(39(35)27-31)38-22-14-21-37-41(38)44(50)48(43(37)49)42-33(29-15-9-7-10-16-29)19-13-20-34(42)30-17-11-8-12-18-30/h7-28H,1-6H3. The molecule has 6 aromatic carbocycles. The van der Waals surface area contributed by atoms with Crippen LogP contribution in [-0.2, 0) is 10.8 Å². The highest BCUT2D eigenvalue weighted by Crippen LogP contribution is 2.45. The lowest BCUT2D eigenvalue weighted by Gasteiger charge is -2.23. The van der Waals surface area contributed by atoms with Crippen molar-refractivity contribution in [3.63, 3.8) is 0 Å². The predicted molar refractivity (Wildman–Crippen MR) is 207 cm³/mol. The molecule has 0 spiro atoms. The van der Waals surface area contributed by atoms with Gasteiger partial charge in [0.25, 0.3) is 11.8 Å². The van der Waals surface area contributed by atoms with Crippen molar-refractivity contribution >= 4 is 39.3 Å². The summed E-state index contributed by atoms with van der Waals surface area (Å²) in [5.41, 5.74) is 9.90. The number of hydrogen-bond donors (Lipinski definition) is 0. The van der Waals surface area contributed by atoms with Gasteiger partial charge in [0.05, 0.1) is 33.5 Å². The highest BCUT2D eigenvalue weighted by Gasteiger charge is 2.41. The molecule has 0 bridgehead atoms. The molecular formula is C46H40N2O2. The summed E-state index contributed by atoms with van der Waals surface area (Å²) in [6.07, 6.45) is 0. The number of amides is 2. The van der Waals surface area contributed by atoms with Crippen molar-refractivity contribution in [2.75, 3.05) is 4.90 Å². The van der Waals surface area contributed by atoms with Crippen LogP contribution in [0.3, 0.4) is 0 Å². The average Bonchev–Trinajstić information content (AvgIpc) is 3.57. The van der Waals surface area contributed by atoms with Crippen molar-refractivity contribution in [3.8, 4) is 27.9 Å². The Morgan fingerprint density at radius 3 is 1.40 bits per heavy atom. The van der Waals surface area contributed by atoms with E-state index in [0.29, 0.717) is 22.5 Å². The van der Waals surface area contributed by atoms with Crippen LogP contribution in [-0.4, -0.2) is 16.4 Å². The Hall–Kier alpha value is -5.74. The molecular weight excluding hydrogens is 613 g/mol. The van der Waals surface area contributed by atoms with E-state index >= 15 is 4.79 Å². The number of carbonyl (C=O) groups excluding carboxylic acids is 2. The van der Waals surface area contributed by atoms with E-state index in [1.165, 1.54) is 16.0 Å². The van der Waals surface area contributed by atoms with Crippen molar-refractivity contribution in [2.24, 2.45) is 0 Å². The molecule has 4 heteroatoms. The highest BCUT2D eigenvalue weighted by atomic mass is 16.2. The Morgan fingerprint density at radius 2 is 0.920 bits per heavy atom. The molecule has 246 valence electrons. The SMILES string of the molecule is CC(C)(C)c1ccc2c3ccc(C(C)(C)C)cc3n(-c3cccc4c3C(=O)N(c3c(-c5ccccc5)cccc3-c3ccccc3)C4=O)c2c1. The Morgan fingerprint density at radius 1 is 0.460 bits per heavy atom. The molecule has 7 aromatic rings. The smallest absolute Gasteiger partial charge is 0.268 e. The minimum atomic E-state index is -0.324. The molecule has 1 aliphatic rings. The summed E-state index contributed by atoms with van der Waals surface area (Å²) < 4.78 is 2.21. The van der Waals surface area contributed by atoms with Crippen LogP contribution < -0.4 is 4.90 Å². The van der Waals surface area contributed by atoms with Crippen LogP contribution in [0.25, 0.3) is 49.7 Å². The lowest BCUT2D eigenvalue weighted by Crippen LogP contribution is -2.30. The normalized spacial score (nSPS) is 13.4. The number of fused-ring (bicyclic) bond motifs is 4. The van der Waals surface area contributed by atoms with Crippen LogP contribution in [0.1, 0.15) is 73.4 Å². The number of benzene rings is 6. The third-order valence-corrected chi connectivity index (χ3v) is 10.1. The molecule has 0 fully saturated rings. The van der Waals surface area contributed by atoms with Crippen LogP contribution in [0.2, 0.25) is 0 Å². The number of imide groups is 1. The van der Waals surface area contributed by atoms with Crippen molar-refractivity contribution in [1.82, 2.24) is 4.57 Å². The van der Waals surface area contributed by atoms with Gasteiger partial charge in [-0.05, 0) is 57.3 Å². The summed E-state index contributed by atoms with van der Waals surface area (Å²) in [4.78, 5) is 31.2. The maximum absolute atomic E-state index is 15.1. The first-order valence-corrected chi connectivity index (χ1v) is 17.3. The van der Waals surface area contributed by atoms with E-state index in [2.05, 4.69) is 82.5 Å². The third kappa shape index (κ3) is 4.97. The fourth-order valence-corrected chi connectivity index (χ4v) is 7.35. The van der Waals surface area contributed by atoms with Gasteiger partial charge in [-0.25, -0.2) is 4.90 Å². The second kappa shape index (κ2) is 11.4. The minimum Gasteiger partial charge on any atom is -0.308 e. The molecule has 1 aromatic heterocycles. The zero-order valence-corrected chi connectivity index (χ0v) is 29.4. The Labute approximate surface area is 293 Å². The van der Waals surface area contributed by atoms with E-state index in [1.807, 2.05) is 91.0 Å². The van der Waals surface area contributed by atoms with Crippen LogP contribution in [0, 0.1) is 0 Å². The van der Waals surface area contributed by atoms with E-state index in [1.54, 1.807) is 6.07 Å². The highest BCUT2D eigenvalue weighted by molar-refractivity contribution is 6.37. The lowest BCUT2D eigenvalue weighted by molar-refractivity contribution is 0.0926. The average molecular weight is 653 g/mol. The first-order chi connectivity index (χ1) is 23.9. The van der Waals surface area contributed by atoms with Crippen LogP contribution >= 0.6 is 0 Å². The quantitative estimate of drug-likeness (QED) is 0.178. The summed E-state index contributed by atoms with van der Waals surface area (Å²) in [5, 5.41) is 2.22. The van der Waals surface area contributed by atoms with Gasteiger partial charge in [-0.3, -0.25) is 9.59 Å². The molecule has 0 N–H and O–H groups in total. The second-order valence-electron chi connectivity index (χ2n) is 15.4. The molecule has 0 saturated carbocycles. The fraction of sp³-hybridized carbons (Fsp3) is 0.174. The lowest BCUT2D eigenvalue weighted by atomic mass is 9.86. The molecule has 0 saturated heterocycles. The number of anilines is 1. The largest absolute Gasteiger partial charge is 0.308 e. The number of nitrogens with zero attached hydrogens (tertiary/aromatic N) is 2. The number of hydrogen-bond acceptors (Lipinski definition) is 2. The molecule has 0 aliphatic carbocycles. The van der Waals surface area contributed by atoms with Crippen molar-refractivity contribution in [1.29, 1.82) is 0 Å². The molecule has 1 aliphatic heterocycles. The predicted octanol–water partition coefficient (Wildman–Crippen LogP) is 11.5. The van der Waals surface area contributed by atoms with Gasteiger partial charge in [-0.2, -0.15) is 0 Å². The summed E-state index contributed by atoms with van der Waals surface area (Å²) in [5.74, 6) is -0.644. The van der Waals surface area contributed by atoms with Crippen LogP contribution in [0.15, 0.2) is 133 Å².